The minimum Gasteiger partial charge on any atom is -0.355 e. The van der Waals surface area contributed by atoms with Gasteiger partial charge in [0, 0.05) is 31.0 Å². The van der Waals surface area contributed by atoms with Crippen molar-refractivity contribution in [2.75, 3.05) is 19.6 Å². The van der Waals surface area contributed by atoms with Crippen LogP contribution in [0, 0.1) is 24.5 Å². The van der Waals surface area contributed by atoms with Gasteiger partial charge in [-0.3, -0.25) is 4.79 Å². The third-order valence-electron chi connectivity index (χ3n) is 5.84. The second-order valence-electron chi connectivity index (χ2n) is 8.72. The molecule has 3 rings (SSSR count). The second kappa shape index (κ2) is 9.04. The van der Waals surface area contributed by atoms with E-state index in [-0.39, 0.29) is 30.3 Å². The molecule has 0 atom stereocenters. The molecule has 1 amide bonds. The average molecular weight is 451 g/mol. The third kappa shape index (κ3) is 5.30. The van der Waals surface area contributed by atoms with Crippen LogP contribution in [0.25, 0.3) is 0 Å². The van der Waals surface area contributed by atoms with Gasteiger partial charge in [0.15, 0.2) is 0 Å². The summed E-state index contributed by atoms with van der Waals surface area (Å²) in [4.78, 5) is 12.0. The van der Waals surface area contributed by atoms with Crippen LogP contribution in [0.4, 0.5) is 8.78 Å². The Morgan fingerprint density at radius 3 is 2.45 bits per heavy atom. The van der Waals surface area contributed by atoms with Crippen molar-refractivity contribution < 1.29 is 22.0 Å². The Hall–Kier alpha value is -2.32. The number of hydrogen-bond donors (Lipinski definition) is 1. The molecule has 0 aromatic heterocycles. The summed E-state index contributed by atoms with van der Waals surface area (Å²) < 4.78 is 53.9. The highest BCUT2D eigenvalue weighted by Gasteiger charge is 2.34. The monoisotopic (exact) mass is 450 g/mol. The first-order chi connectivity index (χ1) is 14.5. The van der Waals surface area contributed by atoms with Gasteiger partial charge < -0.3 is 5.32 Å². The van der Waals surface area contributed by atoms with E-state index in [4.69, 9.17) is 0 Å². The maximum absolute atomic E-state index is 14.0. The van der Waals surface area contributed by atoms with Crippen LogP contribution in [-0.2, 0) is 20.2 Å². The lowest BCUT2D eigenvalue weighted by atomic mass is 9.83. The Labute approximate surface area is 182 Å². The zero-order chi connectivity index (χ0) is 22.8. The van der Waals surface area contributed by atoms with Crippen molar-refractivity contribution in [3.05, 3.63) is 65.2 Å². The fourth-order valence-electron chi connectivity index (χ4n) is 3.79. The maximum Gasteiger partial charge on any atom is 0.246 e. The van der Waals surface area contributed by atoms with E-state index in [1.54, 1.807) is 0 Å². The van der Waals surface area contributed by atoms with E-state index in [2.05, 4.69) is 25.2 Å². The van der Waals surface area contributed by atoms with Crippen LogP contribution < -0.4 is 5.32 Å². The Morgan fingerprint density at radius 1 is 1.13 bits per heavy atom. The molecule has 2 aromatic carbocycles. The van der Waals surface area contributed by atoms with E-state index in [0.29, 0.717) is 25.5 Å². The summed E-state index contributed by atoms with van der Waals surface area (Å²) in [7, 11) is -4.15. The maximum atomic E-state index is 14.0. The first-order valence-corrected chi connectivity index (χ1v) is 11.7. The van der Waals surface area contributed by atoms with E-state index >= 15 is 0 Å². The molecule has 1 aliphatic rings. The number of hydrogen-bond acceptors (Lipinski definition) is 3. The number of aryl methyl sites for hydroxylation is 1. The third-order valence-corrected chi connectivity index (χ3v) is 7.75. The largest absolute Gasteiger partial charge is 0.355 e. The SMILES string of the molecule is Cc1cccc(C(C)(C)CNC(=O)C2CCN(S(=O)(=O)c3cc(F)ccc3F)CC2)c1. The molecule has 0 aliphatic carbocycles. The van der Waals surface area contributed by atoms with Crippen molar-refractivity contribution in [1.29, 1.82) is 0 Å². The summed E-state index contributed by atoms with van der Waals surface area (Å²) in [5.41, 5.74) is 2.03. The molecule has 2 aromatic rings. The summed E-state index contributed by atoms with van der Waals surface area (Å²) in [6.07, 6.45) is 0.653. The van der Waals surface area contributed by atoms with Crippen molar-refractivity contribution in [2.45, 2.75) is 43.9 Å². The van der Waals surface area contributed by atoms with E-state index in [0.717, 1.165) is 27.6 Å². The van der Waals surface area contributed by atoms with Crippen LogP contribution in [0.2, 0.25) is 0 Å². The molecule has 1 fully saturated rings. The number of carbonyl (C=O) groups is 1. The smallest absolute Gasteiger partial charge is 0.246 e. The summed E-state index contributed by atoms with van der Waals surface area (Å²) >= 11 is 0. The van der Waals surface area contributed by atoms with Crippen molar-refractivity contribution in [3.8, 4) is 0 Å². The van der Waals surface area contributed by atoms with E-state index in [1.165, 1.54) is 0 Å². The highest BCUT2D eigenvalue weighted by atomic mass is 32.2. The minimum atomic E-state index is -4.15. The first kappa shape index (κ1) is 23.3. The van der Waals surface area contributed by atoms with Crippen molar-refractivity contribution in [1.82, 2.24) is 9.62 Å². The minimum absolute atomic E-state index is 0.0810. The molecule has 5 nitrogen and oxygen atoms in total. The number of amides is 1. The molecular formula is C23H28F2N2O3S. The normalized spacial score (nSPS) is 16.3. The zero-order valence-electron chi connectivity index (χ0n) is 18.0. The van der Waals surface area contributed by atoms with Crippen LogP contribution in [0.15, 0.2) is 47.4 Å². The number of carbonyl (C=O) groups excluding carboxylic acids is 1. The van der Waals surface area contributed by atoms with Gasteiger partial charge in [-0.1, -0.05) is 43.7 Å². The van der Waals surface area contributed by atoms with Crippen molar-refractivity contribution >= 4 is 15.9 Å². The summed E-state index contributed by atoms with van der Waals surface area (Å²) in [5, 5.41) is 3.00. The van der Waals surface area contributed by atoms with Crippen molar-refractivity contribution in [2.24, 2.45) is 5.92 Å². The predicted octanol–water partition coefficient (Wildman–Crippen LogP) is 3.77. The molecular weight excluding hydrogens is 422 g/mol. The molecule has 0 radical (unpaired) electrons. The van der Waals surface area contributed by atoms with Crippen LogP contribution in [-0.4, -0.2) is 38.3 Å². The summed E-state index contributed by atoms with van der Waals surface area (Å²) in [5.74, 6) is -2.24. The fraction of sp³-hybridized carbons (Fsp3) is 0.435. The predicted molar refractivity (Wildman–Crippen MR) is 115 cm³/mol. The van der Waals surface area contributed by atoms with Gasteiger partial charge in [-0.2, -0.15) is 4.31 Å². The number of benzene rings is 2. The number of piperidine rings is 1. The molecule has 1 N–H and O–H groups in total. The molecule has 1 aliphatic heterocycles. The Balaban J connectivity index is 1.59. The lowest BCUT2D eigenvalue weighted by Crippen LogP contribution is -2.45. The molecule has 1 saturated heterocycles. The topological polar surface area (TPSA) is 66.5 Å². The van der Waals surface area contributed by atoms with E-state index in [9.17, 15) is 22.0 Å². The number of halogens is 2. The molecule has 0 unspecified atom stereocenters. The zero-order valence-corrected chi connectivity index (χ0v) is 18.8. The van der Waals surface area contributed by atoms with Crippen LogP contribution >= 0.6 is 0 Å². The standard InChI is InChI=1S/C23H28F2N2O3S/c1-16-5-4-6-18(13-16)23(2,3)15-26-22(28)17-9-11-27(12-10-17)31(29,30)21-14-19(24)7-8-20(21)25/h4-8,13-14,17H,9-12,15H2,1-3H3,(H,26,28). The first-order valence-electron chi connectivity index (χ1n) is 10.3. The molecule has 0 saturated carbocycles. The number of rotatable bonds is 6. The summed E-state index contributed by atoms with van der Waals surface area (Å²) in [6, 6.07) is 10.5. The number of sulfonamides is 1. The van der Waals surface area contributed by atoms with Gasteiger partial charge in [-0.25, -0.2) is 17.2 Å². The molecule has 1 heterocycles. The van der Waals surface area contributed by atoms with E-state index in [1.807, 2.05) is 25.1 Å². The van der Waals surface area contributed by atoms with Gasteiger partial charge in [-0.15, -0.1) is 0 Å². The molecule has 0 bridgehead atoms. The summed E-state index contributed by atoms with van der Waals surface area (Å²) in [6.45, 7) is 6.77. The van der Waals surface area contributed by atoms with E-state index < -0.39 is 26.6 Å². The highest BCUT2D eigenvalue weighted by Crippen LogP contribution is 2.27. The van der Waals surface area contributed by atoms with Crippen LogP contribution in [0.3, 0.4) is 0 Å². The average Bonchev–Trinajstić information content (AvgIpc) is 2.74. The Bertz CT molecular complexity index is 1060. The number of nitrogens with zero attached hydrogens (tertiary/aromatic N) is 1. The molecule has 8 heteroatoms. The fourth-order valence-corrected chi connectivity index (χ4v) is 5.34. The van der Waals surface area contributed by atoms with Gasteiger partial charge in [0.25, 0.3) is 0 Å². The van der Waals surface area contributed by atoms with Crippen molar-refractivity contribution in [3.63, 3.8) is 0 Å². The molecule has 0 spiro atoms. The Kier molecular flexibility index (Phi) is 6.81. The number of nitrogens with one attached hydrogen (secondary N) is 1. The van der Waals surface area contributed by atoms with Gasteiger partial charge in [0.2, 0.25) is 15.9 Å². The van der Waals surface area contributed by atoms with Gasteiger partial charge in [0.05, 0.1) is 0 Å². The highest BCUT2D eigenvalue weighted by molar-refractivity contribution is 7.89. The second-order valence-corrected chi connectivity index (χ2v) is 10.6. The molecule has 168 valence electrons. The van der Waals surface area contributed by atoms with Gasteiger partial charge >= 0.3 is 0 Å². The molecule has 31 heavy (non-hydrogen) atoms. The van der Waals surface area contributed by atoms with Crippen LogP contribution in [0.5, 0.6) is 0 Å². The van der Waals surface area contributed by atoms with Gasteiger partial charge in [-0.05, 0) is 43.5 Å². The van der Waals surface area contributed by atoms with Gasteiger partial charge in [0.1, 0.15) is 16.5 Å². The van der Waals surface area contributed by atoms with Crippen LogP contribution in [0.1, 0.15) is 37.8 Å². The Morgan fingerprint density at radius 2 is 1.81 bits per heavy atom. The lowest BCUT2D eigenvalue weighted by Gasteiger charge is -2.32. The lowest BCUT2D eigenvalue weighted by molar-refractivity contribution is -0.126. The quantitative estimate of drug-likeness (QED) is 0.729.